The Labute approximate surface area is 186 Å². The molecule has 0 aliphatic carbocycles. The van der Waals surface area contributed by atoms with Crippen LogP contribution in [0.4, 0.5) is 10.5 Å². The highest BCUT2D eigenvalue weighted by atomic mass is 16.6. The number of ether oxygens (including phenoxy) is 2. The average Bonchev–Trinajstić information content (AvgIpc) is 2.78. The maximum absolute atomic E-state index is 13.0. The van der Waals surface area contributed by atoms with E-state index in [0.717, 1.165) is 18.4 Å². The van der Waals surface area contributed by atoms with Gasteiger partial charge >= 0.3 is 6.03 Å². The first kappa shape index (κ1) is 21.7. The lowest BCUT2D eigenvalue weighted by Gasteiger charge is -2.24. The number of H-pyrrole nitrogens is 1. The topological polar surface area (TPSA) is 86.9 Å². The van der Waals surface area contributed by atoms with Gasteiger partial charge < -0.3 is 29.6 Å². The van der Waals surface area contributed by atoms with Crippen LogP contribution in [0.2, 0.25) is 0 Å². The normalized spacial score (nSPS) is 12.7. The summed E-state index contributed by atoms with van der Waals surface area (Å²) in [7, 11) is 3.99. The van der Waals surface area contributed by atoms with E-state index in [0.29, 0.717) is 48.0 Å². The van der Waals surface area contributed by atoms with Crippen molar-refractivity contribution in [2.75, 3.05) is 45.7 Å². The van der Waals surface area contributed by atoms with E-state index in [-0.39, 0.29) is 18.1 Å². The van der Waals surface area contributed by atoms with E-state index in [1.165, 1.54) is 0 Å². The smallest absolute Gasteiger partial charge is 0.322 e. The van der Waals surface area contributed by atoms with E-state index in [1.807, 2.05) is 56.6 Å². The van der Waals surface area contributed by atoms with Gasteiger partial charge in [-0.25, -0.2) is 4.79 Å². The van der Waals surface area contributed by atoms with Crippen LogP contribution < -0.4 is 20.3 Å². The van der Waals surface area contributed by atoms with Gasteiger partial charge in [-0.3, -0.25) is 4.79 Å². The zero-order chi connectivity index (χ0) is 22.5. The van der Waals surface area contributed by atoms with Gasteiger partial charge in [-0.15, -0.1) is 0 Å². The lowest BCUT2D eigenvalue weighted by Crippen LogP contribution is -2.37. The molecule has 1 aliphatic heterocycles. The zero-order valence-electron chi connectivity index (χ0n) is 18.4. The number of nitrogens with one attached hydrogen (secondary N) is 2. The van der Waals surface area contributed by atoms with Crippen molar-refractivity contribution < 1.29 is 14.3 Å². The quantitative estimate of drug-likeness (QED) is 0.594. The van der Waals surface area contributed by atoms with Gasteiger partial charge in [0.05, 0.1) is 12.1 Å². The Bertz CT molecular complexity index is 1140. The fourth-order valence-electron chi connectivity index (χ4n) is 3.67. The second kappa shape index (κ2) is 9.74. The Hall–Kier alpha value is -3.52. The van der Waals surface area contributed by atoms with Crippen LogP contribution in [-0.4, -0.2) is 61.2 Å². The summed E-state index contributed by atoms with van der Waals surface area (Å²) in [6.07, 6.45) is 0.791. The number of amides is 2. The summed E-state index contributed by atoms with van der Waals surface area (Å²) in [5.74, 6) is 1.28. The fourth-order valence-corrected chi connectivity index (χ4v) is 3.67. The number of benzene rings is 2. The van der Waals surface area contributed by atoms with Gasteiger partial charge in [0, 0.05) is 29.2 Å². The van der Waals surface area contributed by atoms with Crippen molar-refractivity contribution in [2.45, 2.75) is 13.0 Å². The van der Waals surface area contributed by atoms with Crippen LogP contribution in [-0.2, 0) is 6.54 Å². The summed E-state index contributed by atoms with van der Waals surface area (Å²) in [6.45, 7) is 2.54. The SMILES string of the molecule is CN(C)CCCN(Cc1cc2cc3c(cc2[nH]c1=O)OCCO3)C(=O)Nc1ccccc1. The maximum atomic E-state index is 13.0. The second-order valence-electron chi connectivity index (χ2n) is 8.08. The molecule has 0 saturated heterocycles. The molecular weight excluding hydrogens is 408 g/mol. The van der Waals surface area contributed by atoms with Gasteiger partial charge in [0.1, 0.15) is 13.2 Å². The number of hydrogen-bond acceptors (Lipinski definition) is 5. The molecule has 3 aromatic rings. The lowest BCUT2D eigenvalue weighted by atomic mass is 10.1. The number of urea groups is 1. The predicted molar refractivity (Wildman–Crippen MR) is 125 cm³/mol. The molecule has 8 nitrogen and oxygen atoms in total. The molecule has 4 rings (SSSR count). The standard InChI is InChI=1S/C24H28N4O4/c1-27(2)9-6-10-28(24(30)25-19-7-4-3-5-8-19)16-18-13-17-14-21-22(32-12-11-31-21)15-20(17)26-23(18)29/h3-5,7-8,13-15H,6,9-12,16H2,1-2H3,(H,25,30)(H,26,29). The van der Waals surface area contributed by atoms with Crippen LogP contribution in [0.3, 0.4) is 0 Å². The number of para-hydroxylation sites is 1. The summed E-state index contributed by atoms with van der Waals surface area (Å²) in [5, 5.41) is 3.76. The largest absolute Gasteiger partial charge is 0.486 e. The monoisotopic (exact) mass is 436 g/mol. The number of fused-ring (bicyclic) bond motifs is 2. The number of anilines is 1. The number of aromatic amines is 1. The molecule has 2 heterocycles. The van der Waals surface area contributed by atoms with Crippen molar-refractivity contribution in [3.8, 4) is 11.5 Å². The number of rotatable bonds is 7. The van der Waals surface area contributed by atoms with Crippen LogP contribution in [0, 0.1) is 0 Å². The van der Waals surface area contributed by atoms with Crippen LogP contribution in [0.15, 0.2) is 53.3 Å². The average molecular weight is 437 g/mol. The van der Waals surface area contributed by atoms with Crippen molar-refractivity contribution in [1.29, 1.82) is 0 Å². The number of carbonyl (C=O) groups excluding carboxylic acids is 1. The van der Waals surface area contributed by atoms with Crippen molar-refractivity contribution in [1.82, 2.24) is 14.8 Å². The van der Waals surface area contributed by atoms with Gasteiger partial charge in [-0.1, -0.05) is 18.2 Å². The summed E-state index contributed by atoms with van der Waals surface area (Å²) >= 11 is 0. The zero-order valence-corrected chi connectivity index (χ0v) is 18.4. The number of nitrogens with zero attached hydrogens (tertiary/aromatic N) is 2. The minimum Gasteiger partial charge on any atom is -0.486 e. The predicted octanol–water partition coefficient (Wildman–Crippen LogP) is 3.29. The Kier molecular flexibility index (Phi) is 6.61. The van der Waals surface area contributed by atoms with E-state index in [2.05, 4.69) is 15.2 Å². The fraction of sp³-hybridized carbons (Fsp3) is 0.333. The number of pyridine rings is 1. The van der Waals surface area contributed by atoms with E-state index in [9.17, 15) is 9.59 Å². The third-order valence-corrected chi connectivity index (χ3v) is 5.29. The lowest BCUT2D eigenvalue weighted by molar-refractivity contribution is 0.172. The number of carbonyl (C=O) groups is 1. The highest BCUT2D eigenvalue weighted by Crippen LogP contribution is 2.33. The Balaban J connectivity index is 1.58. The molecule has 0 spiro atoms. The second-order valence-corrected chi connectivity index (χ2v) is 8.08. The molecule has 8 heteroatoms. The van der Waals surface area contributed by atoms with Gasteiger partial charge in [0.15, 0.2) is 11.5 Å². The van der Waals surface area contributed by atoms with E-state index < -0.39 is 0 Å². The third-order valence-electron chi connectivity index (χ3n) is 5.29. The first-order valence-corrected chi connectivity index (χ1v) is 10.7. The summed E-state index contributed by atoms with van der Waals surface area (Å²) in [4.78, 5) is 32.5. The molecule has 0 radical (unpaired) electrons. The number of aromatic nitrogens is 1. The Morgan fingerprint density at radius 3 is 2.47 bits per heavy atom. The molecule has 2 aromatic carbocycles. The molecule has 1 aliphatic rings. The minimum absolute atomic E-state index is 0.200. The van der Waals surface area contributed by atoms with Gasteiger partial charge in [-0.2, -0.15) is 0 Å². The first-order valence-electron chi connectivity index (χ1n) is 10.7. The molecule has 168 valence electrons. The van der Waals surface area contributed by atoms with Gasteiger partial charge in [0.2, 0.25) is 0 Å². The third kappa shape index (κ3) is 5.20. The first-order chi connectivity index (χ1) is 15.5. The molecule has 0 atom stereocenters. The molecule has 0 saturated carbocycles. The van der Waals surface area contributed by atoms with E-state index in [1.54, 1.807) is 11.0 Å². The Morgan fingerprint density at radius 2 is 1.75 bits per heavy atom. The summed E-state index contributed by atoms with van der Waals surface area (Å²) < 4.78 is 11.3. The van der Waals surface area contributed by atoms with Crippen LogP contribution in [0.1, 0.15) is 12.0 Å². The molecular formula is C24H28N4O4. The molecule has 32 heavy (non-hydrogen) atoms. The highest BCUT2D eigenvalue weighted by molar-refractivity contribution is 5.89. The Morgan fingerprint density at radius 1 is 1.03 bits per heavy atom. The molecule has 1 aromatic heterocycles. The minimum atomic E-state index is -0.239. The van der Waals surface area contributed by atoms with Crippen molar-refractivity contribution in [2.24, 2.45) is 0 Å². The van der Waals surface area contributed by atoms with E-state index >= 15 is 0 Å². The van der Waals surface area contributed by atoms with Crippen molar-refractivity contribution in [3.63, 3.8) is 0 Å². The van der Waals surface area contributed by atoms with Crippen LogP contribution in [0.5, 0.6) is 11.5 Å². The summed E-state index contributed by atoms with van der Waals surface area (Å²) in [5.41, 5.74) is 1.68. The number of hydrogen-bond donors (Lipinski definition) is 2. The maximum Gasteiger partial charge on any atom is 0.322 e. The molecule has 2 N–H and O–H groups in total. The van der Waals surface area contributed by atoms with Crippen LogP contribution in [0.25, 0.3) is 10.9 Å². The van der Waals surface area contributed by atoms with Crippen LogP contribution >= 0.6 is 0 Å². The molecule has 0 bridgehead atoms. The van der Waals surface area contributed by atoms with Gasteiger partial charge in [-0.05, 0) is 51.3 Å². The van der Waals surface area contributed by atoms with E-state index in [4.69, 9.17) is 9.47 Å². The van der Waals surface area contributed by atoms with Gasteiger partial charge in [0.25, 0.3) is 5.56 Å². The highest BCUT2D eigenvalue weighted by Gasteiger charge is 2.18. The van der Waals surface area contributed by atoms with Crippen molar-refractivity contribution >= 4 is 22.6 Å². The summed E-state index contributed by atoms with van der Waals surface area (Å²) in [6, 6.07) is 14.5. The molecule has 0 fully saturated rings. The molecule has 2 amide bonds. The molecule has 0 unspecified atom stereocenters. The van der Waals surface area contributed by atoms with Crippen molar-refractivity contribution in [3.05, 3.63) is 64.4 Å².